The molecule has 1 aromatic carbocycles. The van der Waals surface area contributed by atoms with Crippen LogP contribution in [0, 0.1) is 13.8 Å². The molecule has 22 heavy (non-hydrogen) atoms. The molecule has 4 aromatic rings. The van der Waals surface area contributed by atoms with Gasteiger partial charge in [-0.2, -0.15) is 0 Å². The third-order valence-electron chi connectivity index (χ3n) is 4.03. The molecule has 0 atom stereocenters. The number of nitrogens with zero attached hydrogens (tertiary/aromatic N) is 2. The van der Waals surface area contributed by atoms with Gasteiger partial charge in [-0.05, 0) is 43.6 Å². The van der Waals surface area contributed by atoms with Gasteiger partial charge in [0.15, 0.2) is 11.8 Å². The Morgan fingerprint density at radius 3 is 2.86 bits per heavy atom. The van der Waals surface area contributed by atoms with E-state index >= 15 is 0 Å². The summed E-state index contributed by atoms with van der Waals surface area (Å²) in [6.07, 6.45) is 5.14. The van der Waals surface area contributed by atoms with Gasteiger partial charge in [-0.3, -0.25) is 4.98 Å². The molecule has 0 aliphatic carbocycles. The second-order valence-corrected chi connectivity index (χ2v) is 5.55. The van der Waals surface area contributed by atoms with E-state index in [1.165, 1.54) is 0 Å². The van der Waals surface area contributed by atoms with Gasteiger partial charge in [0.1, 0.15) is 12.6 Å². The van der Waals surface area contributed by atoms with Gasteiger partial charge in [0.25, 0.3) is 0 Å². The average molecular weight is 292 g/mol. The molecule has 0 spiro atoms. The Hall–Kier alpha value is -2.68. The highest BCUT2D eigenvalue weighted by Crippen LogP contribution is 2.33. The topological polar surface area (TPSA) is 29.9 Å². The number of fused-ring (bicyclic) bond motifs is 3. The van der Waals surface area contributed by atoms with Gasteiger partial charge in [-0.15, -0.1) is 0 Å². The van der Waals surface area contributed by atoms with Crippen LogP contribution < -0.4 is 4.57 Å². The molecular weight excluding hydrogens is 272 g/mol. The van der Waals surface area contributed by atoms with Crippen molar-refractivity contribution in [2.45, 2.75) is 13.8 Å². The zero-order valence-corrected chi connectivity index (χ0v) is 12.4. The van der Waals surface area contributed by atoms with Crippen LogP contribution in [0.3, 0.4) is 0 Å². The van der Waals surface area contributed by atoms with Crippen molar-refractivity contribution in [1.29, 1.82) is 0 Å². The van der Waals surface area contributed by atoms with Crippen LogP contribution in [0.4, 0.5) is 0 Å². The first kappa shape index (κ1) is 10.1. The molecule has 0 saturated carbocycles. The smallest absolute Gasteiger partial charge is 0.212 e. The molecule has 0 amide bonds. The lowest BCUT2D eigenvalue weighted by atomic mass is 10.0. The molecule has 0 saturated heterocycles. The highest BCUT2D eigenvalue weighted by Gasteiger charge is 2.16. The second-order valence-electron chi connectivity index (χ2n) is 5.55. The van der Waals surface area contributed by atoms with Crippen molar-refractivity contribution in [3.63, 3.8) is 0 Å². The first-order valence-corrected chi connectivity index (χ1v) is 7.12. The monoisotopic (exact) mass is 292 g/mol. The van der Waals surface area contributed by atoms with Gasteiger partial charge in [0.2, 0.25) is 5.69 Å². The minimum Gasteiger partial charge on any atom is -0.454 e. The molecule has 3 heterocycles. The first-order valence-electron chi connectivity index (χ1n) is 8.62. The maximum absolute atomic E-state index is 7.56. The summed E-state index contributed by atoms with van der Waals surface area (Å²) in [5, 5.41) is 2.10. The van der Waals surface area contributed by atoms with Crippen molar-refractivity contribution in [1.82, 2.24) is 4.98 Å². The van der Waals surface area contributed by atoms with Crippen LogP contribution in [-0.2, 0) is 7.05 Å². The number of rotatable bonds is 1. The number of benzene rings is 1. The molecule has 108 valence electrons. The molecular formula is C19H17N2O+. The lowest BCUT2D eigenvalue weighted by Gasteiger charge is -2.05. The fourth-order valence-corrected chi connectivity index (χ4v) is 2.95. The summed E-state index contributed by atoms with van der Waals surface area (Å²) in [4.78, 5) is 4.11. The lowest BCUT2D eigenvalue weighted by Crippen LogP contribution is -2.31. The minimum absolute atomic E-state index is 0.326. The number of aromatic nitrogens is 2. The second kappa shape index (κ2) is 4.67. The van der Waals surface area contributed by atoms with Crippen LogP contribution in [0.15, 0.2) is 53.3 Å². The van der Waals surface area contributed by atoms with Crippen molar-refractivity contribution in [2.75, 3.05) is 0 Å². The summed E-state index contributed by atoms with van der Waals surface area (Å²) >= 11 is 0. The van der Waals surface area contributed by atoms with Crippen LogP contribution in [-0.4, -0.2) is 4.98 Å². The Balaban J connectivity index is 1.92. The van der Waals surface area contributed by atoms with Gasteiger partial charge in [-0.1, -0.05) is 0 Å². The van der Waals surface area contributed by atoms with Gasteiger partial charge in [0, 0.05) is 32.7 Å². The lowest BCUT2D eigenvalue weighted by molar-refractivity contribution is -0.660. The Bertz CT molecular complexity index is 1110. The van der Waals surface area contributed by atoms with E-state index in [4.69, 9.17) is 8.53 Å². The van der Waals surface area contributed by atoms with Crippen molar-refractivity contribution >= 4 is 21.9 Å². The number of furan rings is 1. The average Bonchev–Trinajstić information content (AvgIpc) is 2.91. The summed E-state index contributed by atoms with van der Waals surface area (Å²) in [5.41, 5.74) is 4.93. The molecule has 3 nitrogen and oxygen atoms in total. The molecule has 0 unspecified atom stereocenters. The van der Waals surface area contributed by atoms with Crippen LogP contribution >= 0.6 is 0 Å². The molecule has 0 aliphatic heterocycles. The van der Waals surface area contributed by atoms with Gasteiger partial charge in [-0.25, -0.2) is 4.57 Å². The molecule has 4 rings (SSSR count). The van der Waals surface area contributed by atoms with E-state index in [9.17, 15) is 0 Å². The standard InChI is InChI=1S/C19H17N2O/c1-12-4-5-17(21(3)11-12)15-9-18-16(8-13(15)2)14-6-7-20-10-19(14)22-18/h4-11H,1-3H3/q+1/i1D3. The SMILES string of the molecule is [2H]C([2H])([2H])c1ccc(-c2cc3oc4cnccc4c3cc2C)[n+](C)c1. The zero-order valence-electron chi connectivity index (χ0n) is 15.4. The maximum atomic E-state index is 7.56. The largest absolute Gasteiger partial charge is 0.454 e. The van der Waals surface area contributed by atoms with Crippen LogP contribution in [0.5, 0.6) is 0 Å². The van der Waals surface area contributed by atoms with Crippen LogP contribution in [0.1, 0.15) is 15.2 Å². The number of hydrogen-bond donors (Lipinski definition) is 0. The van der Waals surface area contributed by atoms with E-state index in [2.05, 4.69) is 11.1 Å². The van der Waals surface area contributed by atoms with E-state index < -0.39 is 6.85 Å². The summed E-state index contributed by atoms with van der Waals surface area (Å²) in [6, 6.07) is 9.57. The van der Waals surface area contributed by atoms with Crippen molar-refractivity contribution in [3.8, 4) is 11.3 Å². The molecule has 0 N–H and O–H groups in total. The highest BCUT2D eigenvalue weighted by molar-refractivity contribution is 6.05. The Morgan fingerprint density at radius 1 is 1.14 bits per heavy atom. The predicted octanol–water partition coefficient (Wildman–Crippen LogP) is 4.09. The van der Waals surface area contributed by atoms with E-state index in [1.807, 2.05) is 36.7 Å². The van der Waals surface area contributed by atoms with Crippen LogP contribution in [0.25, 0.3) is 33.2 Å². The van der Waals surface area contributed by atoms with E-state index in [0.717, 1.165) is 38.8 Å². The molecule has 3 aromatic heterocycles. The zero-order chi connectivity index (χ0) is 17.8. The van der Waals surface area contributed by atoms with Crippen LogP contribution in [0.2, 0.25) is 0 Å². The Kier molecular flexibility index (Phi) is 2.15. The summed E-state index contributed by atoms with van der Waals surface area (Å²) < 4.78 is 30.4. The Labute approximate surface area is 133 Å². The number of aryl methyl sites for hydroxylation is 3. The number of pyridine rings is 2. The van der Waals surface area contributed by atoms with E-state index in [1.54, 1.807) is 24.7 Å². The Morgan fingerprint density at radius 2 is 2.05 bits per heavy atom. The fraction of sp³-hybridized carbons (Fsp3) is 0.158. The number of hydrogen-bond acceptors (Lipinski definition) is 2. The minimum atomic E-state index is -2.11. The third-order valence-corrected chi connectivity index (χ3v) is 4.03. The first-order chi connectivity index (χ1) is 11.8. The predicted molar refractivity (Wildman–Crippen MR) is 87.6 cm³/mol. The fourth-order valence-electron chi connectivity index (χ4n) is 2.95. The molecule has 3 heteroatoms. The summed E-state index contributed by atoms with van der Waals surface area (Å²) in [5.74, 6) is 0. The summed E-state index contributed by atoms with van der Waals surface area (Å²) in [6.45, 7) is -0.0620. The van der Waals surface area contributed by atoms with E-state index in [-0.39, 0.29) is 0 Å². The highest BCUT2D eigenvalue weighted by atomic mass is 16.3. The third kappa shape index (κ3) is 1.90. The van der Waals surface area contributed by atoms with Crippen molar-refractivity contribution in [2.24, 2.45) is 7.05 Å². The van der Waals surface area contributed by atoms with E-state index in [0.29, 0.717) is 5.56 Å². The molecule has 0 fully saturated rings. The maximum Gasteiger partial charge on any atom is 0.212 e. The van der Waals surface area contributed by atoms with Gasteiger partial charge >= 0.3 is 0 Å². The molecule has 0 aliphatic rings. The normalized spacial score (nSPS) is 14.0. The van der Waals surface area contributed by atoms with Gasteiger partial charge < -0.3 is 4.42 Å². The van der Waals surface area contributed by atoms with Crippen molar-refractivity contribution in [3.05, 3.63) is 60.0 Å². The molecule has 0 radical (unpaired) electrons. The van der Waals surface area contributed by atoms with Crippen molar-refractivity contribution < 1.29 is 13.1 Å². The quantitative estimate of drug-likeness (QED) is 0.495. The molecule has 0 bridgehead atoms. The van der Waals surface area contributed by atoms with Gasteiger partial charge in [0.05, 0.1) is 11.8 Å². The summed E-state index contributed by atoms with van der Waals surface area (Å²) in [7, 11) is 1.86.